The molecule has 1 atom stereocenters. The normalized spacial score (nSPS) is 12.5. The fourth-order valence-electron chi connectivity index (χ4n) is 2.65. The zero-order valence-corrected chi connectivity index (χ0v) is 16.3. The second-order valence-electron chi connectivity index (χ2n) is 6.75. The van der Waals surface area contributed by atoms with Crippen LogP contribution in [0.25, 0.3) is 16.9 Å². The highest BCUT2D eigenvalue weighted by molar-refractivity contribution is 5.95. The topological polar surface area (TPSA) is 97.1 Å². The van der Waals surface area contributed by atoms with Crippen molar-refractivity contribution >= 4 is 5.91 Å². The molecule has 12 heteroatoms. The van der Waals surface area contributed by atoms with Crippen LogP contribution in [0.1, 0.15) is 23.0 Å². The van der Waals surface area contributed by atoms with Crippen LogP contribution in [0.3, 0.4) is 0 Å². The van der Waals surface area contributed by atoms with E-state index in [9.17, 15) is 31.5 Å². The number of halogens is 5. The molecule has 1 aromatic carbocycles. The summed E-state index contributed by atoms with van der Waals surface area (Å²) in [6.45, 7) is 1.04. The van der Waals surface area contributed by atoms with Crippen molar-refractivity contribution in [2.75, 3.05) is 6.61 Å². The quantitative estimate of drug-likeness (QED) is 0.578. The van der Waals surface area contributed by atoms with Gasteiger partial charge >= 0.3 is 6.18 Å². The van der Waals surface area contributed by atoms with Crippen LogP contribution < -0.4 is 10.9 Å². The summed E-state index contributed by atoms with van der Waals surface area (Å²) in [6, 6.07) is 4.51. The van der Waals surface area contributed by atoms with E-state index >= 15 is 0 Å². The molecular weight excluding hydrogens is 439 g/mol. The van der Waals surface area contributed by atoms with E-state index in [1.807, 2.05) is 0 Å². The van der Waals surface area contributed by atoms with Crippen molar-refractivity contribution in [2.45, 2.75) is 19.1 Å². The zero-order chi connectivity index (χ0) is 23.6. The first-order valence-electron chi connectivity index (χ1n) is 9.06. The standard InChI is InChI=1S/C20H15F5N4O3/c1-10(9-30)27-18(31)13-7-16(11-2-5-17(26-8-11)20(23,24)25)28-29(19(13)32)12-3-4-14(21)15(22)6-12/h2-8,10,30H,9H2,1H3,(H,27,31)/t10-/m0/s1. The number of benzene rings is 1. The van der Waals surface area contributed by atoms with Gasteiger partial charge in [-0.05, 0) is 37.3 Å². The molecule has 3 aromatic rings. The van der Waals surface area contributed by atoms with Crippen LogP contribution in [0.5, 0.6) is 0 Å². The first-order valence-corrected chi connectivity index (χ1v) is 9.06. The Labute approximate surface area is 177 Å². The minimum absolute atomic E-state index is 0.0265. The number of alkyl halides is 3. The molecular formula is C20H15F5N4O3. The maximum atomic E-state index is 13.7. The lowest BCUT2D eigenvalue weighted by atomic mass is 10.1. The van der Waals surface area contributed by atoms with Crippen molar-refractivity contribution < 1.29 is 31.9 Å². The molecule has 0 fully saturated rings. The first kappa shape index (κ1) is 23.0. The Morgan fingerprint density at radius 1 is 1.16 bits per heavy atom. The summed E-state index contributed by atoms with van der Waals surface area (Å²) in [5, 5.41) is 15.5. The summed E-state index contributed by atoms with van der Waals surface area (Å²) in [4.78, 5) is 28.7. The van der Waals surface area contributed by atoms with Gasteiger partial charge in [-0.25, -0.2) is 8.78 Å². The van der Waals surface area contributed by atoms with Crippen LogP contribution in [-0.4, -0.2) is 38.4 Å². The lowest BCUT2D eigenvalue weighted by Gasteiger charge is -2.14. The largest absolute Gasteiger partial charge is 0.433 e. The smallest absolute Gasteiger partial charge is 0.394 e. The molecule has 168 valence electrons. The molecule has 3 rings (SSSR count). The fourth-order valence-corrected chi connectivity index (χ4v) is 2.65. The molecule has 0 bridgehead atoms. The highest BCUT2D eigenvalue weighted by atomic mass is 19.4. The minimum Gasteiger partial charge on any atom is -0.394 e. The highest BCUT2D eigenvalue weighted by Gasteiger charge is 2.32. The van der Waals surface area contributed by atoms with Crippen LogP contribution in [0.15, 0.2) is 47.4 Å². The number of nitrogens with zero attached hydrogens (tertiary/aromatic N) is 3. The van der Waals surface area contributed by atoms with Crippen LogP contribution in [0.4, 0.5) is 22.0 Å². The summed E-state index contributed by atoms with van der Waals surface area (Å²) in [6.07, 6.45) is -3.83. The molecule has 0 saturated heterocycles. The van der Waals surface area contributed by atoms with Gasteiger partial charge in [-0.2, -0.15) is 23.0 Å². The molecule has 0 saturated carbocycles. The maximum absolute atomic E-state index is 13.7. The van der Waals surface area contributed by atoms with Gasteiger partial charge in [0, 0.05) is 23.9 Å². The Kier molecular flexibility index (Phi) is 6.35. The van der Waals surface area contributed by atoms with Gasteiger partial charge in [0.2, 0.25) is 0 Å². The van der Waals surface area contributed by atoms with E-state index in [2.05, 4.69) is 15.4 Å². The molecule has 7 nitrogen and oxygen atoms in total. The number of rotatable bonds is 5. The van der Waals surface area contributed by atoms with E-state index in [1.54, 1.807) is 0 Å². The predicted octanol–water partition coefficient (Wildman–Crippen LogP) is 2.70. The monoisotopic (exact) mass is 454 g/mol. The number of hydrogen-bond acceptors (Lipinski definition) is 5. The van der Waals surface area contributed by atoms with E-state index in [-0.39, 0.29) is 16.9 Å². The summed E-state index contributed by atoms with van der Waals surface area (Å²) >= 11 is 0. The molecule has 1 amide bonds. The Morgan fingerprint density at radius 2 is 1.88 bits per heavy atom. The molecule has 2 heterocycles. The number of hydrogen-bond donors (Lipinski definition) is 2. The fraction of sp³-hybridized carbons (Fsp3) is 0.200. The number of amides is 1. The molecule has 2 N–H and O–H groups in total. The van der Waals surface area contributed by atoms with Gasteiger partial charge in [-0.15, -0.1) is 0 Å². The Morgan fingerprint density at radius 3 is 2.44 bits per heavy atom. The van der Waals surface area contributed by atoms with Gasteiger partial charge in [0.1, 0.15) is 11.3 Å². The van der Waals surface area contributed by atoms with E-state index in [0.717, 1.165) is 30.5 Å². The van der Waals surface area contributed by atoms with Crippen molar-refractivity contribution in [3.8, 4) is 16.9 Å². The molecule has 2 aromatic heterocycles. The van der Waals surface area contributed by atoms with Crippen LogP contribution in [0, 0.1) is 11.6 Å². The summed E-state index contributed by atoms with van der Waals surface area (Å²) in [7, 11) is 0. The highest BCUT2D eigenvalue weighted by Crippen LogP contribution is 2.28. The lowest BCUT2D eigenvalue weighted by molar-refractivity contribution is -0.141. The molecule has 0 unspecified atom stereocenters. The average Bonchev–Trinajstić information content (AvgIpc) is 2.75. The third-order valence-corrected chi connectivity index (χ3v) is 4.30. The number of aromatic nitrogens is 3. The Balaban J connectivity index is 2.19. The van der Waals surface area contributed by atoms with Crippen LogP contribution >= 0.6 is 0 Å². The van der Waals surface area contributed by atoms with E-state index < -0.39 is 53.2 Å². The number of carbonyl (C=O) groups is 1. The zero-order valence-electron chi connectivity index (χ0n) is 16.3. The van der Waals surface area contributed by atoms with Gasteiger partial charge in [0.25, 0.3) is 11.5 Å². The van der Waals surface area contributed by atoms with Crippen molar-refractivity contribution in [2.24, 2.45) is 0 Å². The number of pyridine rings is 1. The molecule has 0 radical (unpaired) electrons. The molecule has 32 heavy (non-hydrogen) atoms. The van der Waals surface area contributed by atoms with Crippen LogP contribution in [0.2, 0.25) is 0 Å². The van der Waals surface area contributed by atoms with E-state index in [4.69, 9.17) is 5.11 Å². The third kappa shape index (κ3) is 4.80. The first-order chi connectivity index (χ1) is 15.0. The Bertz CT molecular complexity index is 1210. The Hall–Kier alpha value is -3.67. The van der Waals surface area contributed by atoms with Gasteiger partial charge in [-0.1, -0.05) is 0 Å². The van der Waals surface area contributed by atoms with Gasteiger partial charge in [-0.3, -0.25) is 14.6 Å². The van der Waals surface area contributed by atoms with Gasteiger partial charge in [0.05, 0.1) is 18.0 Å². The molecule has 0 spiro atoms. The molecule has 0 aliphatic heterocycles. The van der Waals surface area contributed by atoms with Crippen molar-refractivity contribution in [3.63, 3.8) is 0 Å². The molecule has 0 aliphatic rings. The number of carbonyl (C=O) groups excluding carboxylic acids is 1. The number of aliphatic hydroxyl groups is 1. The van der Waals surface area contributed by atoms with Crippen molar-refractivity contribution in [1.82, 2.24) is 20.1 Å². The number of aliphatic hydroxyl groups excluding tert-OH is 1. The summed E-state index contributed by atoms with van der Waals surface area (Å²) in [5.41, 5.74) is -2.97. The lowest BCUT2D eigenvalue weighted by Crippen LogP contribution is -2.39. The average molecular weight is 454 g/mol. The van der Waals surface area contributed by atoms with Crippen molar-refractivity contribution in [1.29, 1.82) is 0 Å². The molecule has 0 aliphatic carbocycles. The minimum atomic E-state index is -4.68. The maximum Gasteiger partial charge on any atom is 0.433 e. The van der Waals surface area contributed by atoms with Crippen LogP contribution in [-0.2, 0) is 6.18 Å². The SMILES string of the molecule is C[C@@H](CO)NC(=O)c1cc(-c2ccc(C(F)(F)F)nc2)nn(-c2ccc(F)c(F)c2)c1=O. The van der Waals surface area contributed by atoms with Gasteiger partial charge in [0.15, 0.2) is 11.6 Å². The van der Waals surface area contributed by atoms with E-state index in [1.165, 1.54) is 6.92 Å². The predicted molar refractivity (Wildman–Crippen MR) is 102 cm³/mol. The second-order valence-corrected chi connectivity index (χ2v) is 6.75. The summed E-state index contributed by atoms with van der Waals surface area (Å²) < 4.78 is 66.0. The van der Waals surface area contributed by atoms with Gasteiger partial charge < -0.3 is 10.4 Å². The summed E-state index contributed by atoms with van der Waals surface area (Å²) in [5.74, 6) is -3.37. The van der Waals surface area contributed by atoms with E-state index in [0.29, 0.717) is 16.8 Å². The van der Waals surface area contributed by atoms with Crippen molar-refractivity contribution in [3.05, 3.63) is 75.8 Å². The second kappa shape index (κ2) is 8.83. The third-order valence-electron chi connectivity index (χ3n) is 4.30. The number of nitrogens with one attached hydrogen (secondary N) is 1.